The number of hydrogen-bond donors (Lipinski definition) is 2. The number of rotatable bonds is 3. The lowest BCUT2D eigenvalue weighted by molar-refractivity contribution is 0.218. The van der Waals surface area contributed by atoms with Crippen molar-refractivity contribution in [3.05, 3.63) is 53.6 Å². The molecule has 7 heteroatoms. The number of fused-ring (bicyclic) bond motifs is 1. The highest BCUT2D eigenvalue weighted by atomic mass is 32.2. The van der Waals surface area contributed by atoms with E-state index in [1.54, 1.807) is 49.5 Å². The van der Waals surface area contributed by atoms with Crippen LogP contribution in [0.25, 0.3) is 0 Å². The van der Waals surface area contributed by atoms with E-state index < -0.39 is 10.0 Å². The molecular formula is C16H17N3O3S. The van der Waals surface area contributed by atoms with E-state index in [2.05, 4.69) is 10.0 Å². The summed E-state index contributed by atoms with van der Waals surface area (Å²) < 4.78 is 27.4. The van der Waals surface area contributed by atoms with E-state index in [1.807, 2.05) is 6.92 Å². The van der Waals surface area contributed by atoms with Gasteiger partial charge in [0.25, 0.3) is 10.0 Å². The molecule has 0 atom stereocenters. The van der Waals surface area contributed by atoms with Gasteiger partial charge in [0, 0.05) is 25.0 Å². The highest BCUT2D eigenvalue weighted by Gasteiger charge is 2.20. The van der Waals surface area contributed by atoms with Gasteiger partial charge in [0.1, 0.15) is 0 Å². The minimum absolute atomic E-state index is 0.175. The second-order valence-corrected chi connectivity index (χ2v) is 7.26. The number of nitrogens with zero attached hydrogens (tertiary/aromatic N) is 1. The number of amides is 2. The Morgan fingerprint density at radius 2 is 1.83 bits per heavy atom. The SMILES string of the molecule is Cc1ccc(S(=O)(=O)Nc2ccc3c(c2)CN(C)C(=O)N3)cc1. The van der Waals surface area contributed by atoms with Crippen LogP contribution in [0, 0.1) is 6.92 Å². The highest BCUT2D eigenvalue weighted by Crippen LogP contribution is 2.27. The van der Waals surface area contributed by atoms with E-state index in [9.17, 15) is 13.2 Å². The molecule has 120 valence electrons. The maximum Gasteiger partial charge on any atom is 0.321 e. The normalized spacial score (nSPS) is 14.2. The first kappa shape index (κ1) is 15.4. The predicted molar refractivity (Wildman–Crippen MR) is 88.9 cm³/mol. The van der Waals surface area contributed by atoms with Crippen LogP contribution in [0.2, 0.25) is 0 Å². The number of carbonyl (C=O) groups excluding carboxylic acids is 1. The van der Waals surface area contributed by atoms with Crippen LogP contribution >= 0.6 is 0 Å². The molecule has 0 aliphatic carbocycles. The van der Waals surface area contributed by atoms with Crippen molar-refractivity contribution in [1.82, 2.24) is 4.90 Å². The fraction of sp³-hybridized carbons (Fsp3) is 0.188. The number of hydrogen-bond acceptors (Lipinski definition) is 3. The first-order valence-electron chi connectivity index (χ1n) is 7.10. The first-order chi connectivity index (χ1) is 10.8. The Balaban J connectivity index is 1.87. The van der Waals surface area contributed by atoms with Crippen LogP contribution in [-0.2, 0) is 16.6 Å². The van der Waals surface area contributed by atoms with Crippen molar-refractivity contribution in [2.45, 2.75) is 18.4 Å². The molecule has 0 saturated heterocycles. The van der Waals surface area contributed by atoms with E-state index in [0.717, 1.165) is 11.1 Å². The van der Waals surface area contributed by atoms with Gasteiger partial charge < -0.3 is 10.2 Å². The average Bonchev–Trinajstić information content (AvgIpc) is 2.49. The molecular weight excluding hydrogens is 314 g/mol. The minimum Gasteiger partial charge on any atom is -0.323 e. The van der Waals surface area contributed by atoms with Crippen molar-refractivity contribution < 1.29 is 13.2 Å². The Morgan fingerprint density at radius 1 is 1.13 bits per heavy atom. The van der Waals surface area contributed by atoms with Crippen LogP contribution in [-0.4, -0.2) is 26.4 Å². The molecule has 0 fully saturated rings. The smallest absolute Gasteiger partial charge is 0.321 e. The van der Waals surface area contributed by atoms with E-state index in [4.69, 9.17) is 0 Å². The summed E-state index contributed by atoms with van der Waals surface area (Å²) in [6.07, 6.45) is 0. The Morgan fingerprint density at radius 3 is 2.52 bits per heavy atom. The van der Waals surface area contributed by atoms with Gasteiger partial charge in [-0.25, -0.2) is 13.2 Å². The summed E-state index contributed by atoms with van der Waals surface area (Å²) >= 11 is 0. The summed E-state index contributed by atoms with van der Waals surface area (Å²) in [5, 5.41) is 2.75. The van der Waals surface area contributed by atoms with Crippen molar-refractivity contribution >= 4 is 27.4 Å². The Labute approximate surface area is 135 Å². The van der Waals surface area contributed by atoms with Crippen molar-refractivity contribution in [3.8, 4) is 0 Å². The second-order valence-electron chi connectivity index (χ2n) is 5.58. The summed E-state index contributed by atoms with van der Waals surface area (Å²) in [4.78, 5) is 13.3. The van der Waals surface area contributed by atoms with Crippen LogP contribution in [0.5, 0.6) is 0 Å². The lowest BCUT2D eigenvalue weighted by Crippen LogP contribution is -2.35. The zero-order valence-corrected chi connectivity index (χ0v) is 13.6. The van der Waals surface area contributed by atoms with E-state index in [1.165, 1.54) is 4.90 Å². The molecule has 0 bridgehead atoms. The van der Waals surface area contributed by atoms with Crippen LogP contribution in [0.1, 0.15) is 11.1 Å². The molecule has 0 spiro atoms. The van der Waals surface area contributed by atoms with Gasteiger partial charge in [-0.05, 0) is 42.8 Å². The Hall–Kier alpha value is -2.54. The summed E-state index contributed by atoms with van der Waals surface area (Å²) in [5.74, 6) is 0. The number of sulfonamides is 1. The third-order valence-corrected chi connectivity index (χ3v) is 5.08. The fourth-order valence-electron chi connectivity index (χ4n) is 2.38. The number of carbonyl (C=O) groups is 1. The fourth-order valence-corrected chi connectivity index (χ4v) is 3.43. The van der Waals surface area contributed by atoms with Crippen molar-refractivity contribution in [1.29, 1.82) is 0 Å². The largest absolute Gasteiger partial charge is 0.323 e. The lowest BCUT2D eigenvalue weighted by Gasteiger charge is -2.26. The minimum atomic E-state index is -3.63. The van der Waals surface area contributed by atoms with Crippen molar-refractivity contribution in [2.24, 2.45) is 0 Å². The van der Waals surface area contributed by atoms with Gasteiger partial charge in [-0.1, -0.05) is 17.7 Å². The lowest BCUT2D eigenvalue weighted by atomic mass is 10.1. The second kappa shape index (κ2) is 5.58. The molecule has 0 unspecified atom stereocenters. The molecule has 3 rings (SSSR count). The van der Waals surface area contributed by atoms with Crippen LogP contribution in [0.4, 0.5) is 16.2 Å². The maximum atomic E-state index is 12.4. The molecule has 1 aliphatic heterocycles. The molecule has 2 amide bonds. The van der Waals surface area contributed by atoms with Gasteiger partial charge in [0.2, 0.25) is 0 Å². The van der Waals surface area contributed by atoms with Crippen molar-refractivity contribution in [3.63, 3.8) is 0 Å². The molecule has 0 radical (unpaired) electrons. The molecule has 2 aromatic carbocycles. The van der Waals surface area contributed by atoms with Crippen LogP contribution in [0.3, 0.4) is 0 Å². The third kappa shape index (κ3) is 3.14. The number of anilines is 2. The highest BCUT2D eigenvalue weighted by molar-refractivity contribution is 7.92. The van der Waals surface area contributed by atoms with Gasteiger partial charge in [-0.3, -0.25) is 4.72 Å². The van der Waals surface area contributed by atoms with Gasteiger partial charge in [-0.2, -0.15) is 0 Å². The zero-order valence-electron chi connectivity index (χ0n) is 12.8. The van der Waals surface area contributed by atoms with Gasteiger partial charge in [-0.15, -0.1) is 0 Å². The topological polar surface area (TPSA) is 78.5 Å². The average molecular weight is 331 g/mol. The Bertz CT molecular complexity index is 861. The standard InChI is InChI=1S/C16H17N3O3S/c1-11-3-6-14(7-4-11)23(21,22)18-13-5-8-15-12(9-13)10-19(2)16(20)17-15/h3-9,18H,10H2,1-2H3,(H,17,20). The quantitative estimate of drug-likeness (QED) is 0.908. The molecule has 2 aromatic rings. The number of aryl methyl sites for hydroxylation is 1. The van der Waals surface area contributed by atoms with Crippen LogP contribution < -0.4 is 10.0 Å². The molecule has 0 aromatic heterocycles. The summed E-state index contributed by atoms with van der Waals surface area (Å²) in [6.45, 7) is 2.33. The molecule has 1 heterocycles. The maximum absolute atomic E-state index is 12.4. The molecule has 0 saturated carbocycles. The van der Waals surface area contributed by atoms with E-state index in [0.29, 0.717) is 17.9 Å². The van der Waals surface area contributed by atoms with Gasteiger partial charge in [0.15, 0.2) is 0 Å². The number of urea groups is 1. The molecule has 23 heavy (non-hydrogen) atoms. The van der Waals surface area contributed by atoms with Crippen molar-refractivity contribution in [2.75, 3.05) is 17.1 Å². The third-order valence-electron chi connectivity index (χ3n) is 3.68. The zero-order chi connectivity index (χ0) is 16.6. The predicted octanol–water partition coefficient (Wildman–Crippen LogP) is 2.77. The van der Waals surface area contributed by atoms with Crippen LogP contribution in [0.15, 0.2) is 47.4 Å². The summed E-state index contributed by atoms with van der Waals surface area (Å²) in [6, 6.07) is 11.6. The number of nitrogens with one attached hydrogen (secondary N) is 2. The van der Waals surface area contributed by atoms with E-state index in [-0.39, 0.29) is 10.9 Å². The monoisotopic (exact) mass is 331 g/mol. The molecule has 1 aliphatic rings. The van der Waals surface area contributed by atoms with Gasteiger partial charge >= 0.3 is 6.03 Å². The Kier molecular flexibility index (Phi) is 3.73. The number of benzene rings is 2. The molecule has 2 N–H and O–H groups in total. The van der Waals surface area contributed by atoms with Gasteiger partial charge in [0.05, 0.1) is 4.90 Å². The molecule has 6 nitrogen and oxygen atoms in total. The first-order valence-corrected chi connectivity index (χ1v) is 8.58. The van der Waals surface area contributed by atoms with E-state index >= 15 is 0 Å². The summed E-state index contributed by atoms with van der Waals surface area (Å²) in [7, 11) is -1.95. The summed E-state index contributed by atoms with van der Waals surface area (Å²) in [5.41, 5.74) is 3.02.